The number of aryl methyl sites for hydroxylation is 1. The van der Waals surface area contributed by atoms with Gasteiger partial charge in [0.05, 0.1) is 5.94 Å². The maximum atomic E-state index is 13.3. The molecule has 2 rings (SSSR count). The monoisotopic (exact) mass is 739 g/mol. The Morgan fingerprint density at radius 1 is 0.642 bits per heavy atom. The summed E-state index contributed by atoms with van der Waals surface area (Å²) in [6, 6.07) is 11.8. The molecular formula is C36H58BN9O7. The molecule has 2 aromatic carbocycles. The molecule has 0 spiro atoms. The molecule has 0 saturated carbocycles. The first kappa shape index (κ1) is 44.8. The topological polar surface area (TPSA) is 290 Å². The van der Waals surface area contributed by atoms with Gasteiger partial charge in [0.15, 0.2) is 6.17 Å². The van der Waals surface area contributed by atoms with Crippen LogP contribution in [0.1, 0.15) is 81.1 Å². The molecule has 0 unspecified atom stereocenters. The SMILES string of the molecule is CCCCc1ccc(-c2ccc(C(=O)N[C@@H](CN)C(=O)N[C@@H](CCCCN)C(=O)N[C@@H](N)C(=O)N[C@@H](CCCCN)C(=O)N[C@@H](C)B(O)O)cc2)cc1. The lowest BCUT2D eigenvalue weighted by Crippen LogP contribution is -2.61. The molecule has 2 aromatic rings. The van der Waals surface area contributed by atoms with Crippen molar-refractivity contribution in [2.75, 3.05) is 19.6 Å². The number of hydrogen-bond donors (Lipinski definition) is 11. The van der Waals surface area contributed by atoms with E-state index >= 15 is 0 Å². The highest BCUT2D eigenvalue weighted by atomic mass is 16.4. The van der Waals surface area contributed by atoms with E-state index in [1.54, 1.807) is 12.1 Å². The number of nitrogens with one attached hydrogen (secondary N) is 5. The van der Waals surface area contributed by atoms with Crippen LogP contribution in [0.15, 0.2) is 48.5 Å². The van der Waals surface area contributed by atoms with Crippen LogP contribution in [0.25, 0.3) is 11.1 Å². The van der Waals surface area contributed by atoms with Crippen molar-refractivity contribution in [1.29, 1.82) is 0 Å². The zero-order valence-corrected chi connectivity index (χ0v) is 30.8. The van der Waals surface area contributed by atoms with E-state index in [9.17, 15) is 34.0 Å². The third kappa shape index (κ3) is 15.6. The molecule has 0 aliphatic rings. The normalized spacial score (nSPS) is 13.8. The van der Waals surface area contributed by atoms with E-state index < -0.39 is 66.9 Å². The highest BCUT2D eigenvalue weighted by molar-refractivity contribution is 6.43. The molecule has 5 amide bonds. The first-order valence-electron chi connectivity index (χ1n) is 18.3. The Labute approximate surface area is 312 Å². The number of nitrogens with two attached hydrogens (primary N) is 4. The smallest absolute Gasteiger partial charge is 0.426 e. The Morgan fingerprint density at radius 3 is 1.62 bits per heavy atom. The molecule has 0 heterocycles. The molecule has 16 nitrogen and oxygen atoms in total. The van der Waals surface area contributed by atoms with E-state index in [0.29, 0.717) is 44.3 Å². The standard InChI is InChI=1S/C36H58BN9O7/c1-3-4-9-24-12-14-25(15-13-24)26-16-18-27(19-17-26)32(47)45-30(22-40)35(50)43-29(11-6-8-21-39)34(49)46-31(41)36(51)44-28(10-5-7-20-38)33(48)42-23(2)37(52)53/h12-19,23,28-31,52-53H,3-11,20-22,38-41H2,1-2H3,(H,42,48)(H,43,50)(H,44,51)(H,45,47)(H,46,49)/t23-,28-,29-,30-,31+/m0/s1. The van der Waals surface area contributed by atoms with Gasteiger partial charge in [-0.1, -0.05) is 49.7 Å². The van der Waals surface area contributed by atoms with Crippen molar-refractivity contribution in [3.63, 3.8) is 0 Å². The molecule has 0 aliphatic heterocycles. The van der Waals surface area contributed by atoms with Gasteiger partial charge in [-0.15, -0.1) is 0 Å². The maximum absolute atomic E-state index is 13.3. The third-order valence-corrected chi connectivity index (χ3v) is 8.67. The molecule has 15 N–H and O–H groups in total. The molecule has 0 radical (unpaired) electrons. The second-order valence-corrected chi connectivity index (χ2v) is 13.0. The first-order valence-corrected chi connectivity index (χ1v) is 18.3. The van der Waals surface area contributed by atoms with Gasteiger partial charge in [0.1, 0.15) is 18.1 Å². The van der Waals surface area contributed by atoms with Gasteiger partial charge in [-0.25, -0.2) is 0 Å². The summed E-state index contributed by atoms with van der Waals surface area (Å²) in [5.41, 5.74) is 26.5. The first-order chi connectivity index (χ1) is 25.3. The molecule has 0 bridgehead atoms. The lowest BCUT2D eigenvalue weighted by atomic mass is 9.81. The predicted molar refractivity (Wildman–Crippen MR) is 204 cm³/mol. The van der Waals surface area contributed by atoms with E-state index in [2.05, 4.69) is 45.6 Å². The number of rotatable bonds is 24. The Balaban J connectivity index is 2.07. The average molecular weight is 740 g/mol. The molecule has 17 heteroatoms. The summed E-state index contributed by atoms with van der Waals surface area (Å²) in [7, 11) is -1.82. The molecule has 53 heavy (non-hydrogen) atoms. The fourth-order valence-electron chi connectivity index (χ4n) is 5.31. The number of carbonyl (C=O) groups is 5. The Morgan fingerprint density at radius 2 is 1.13 bits per heavy atom. The lowest BCUT2D eigenvalue weighted by molar-refractivity contribution is -0.134. The summed E-state index contributed by atoms with van der Waals surface area (Å²) < 4.78 is 0. The van der Waals surface area contributed by atoms with Crippen molar-refractivity contribution in [3.8, 4) is 11.1 Å². The Hall–Kier alpha value is -4.39. The van der Waals surface area contributed by atoms with Gasteiger partial charge >= 0.3 is 7.12 Å². The van der Waals surface area contributed by atoms with E-state index in [1.165, 1.54) is 12.5 Å². The minimum absolute atomic E-state index is 0.140. The molecule has 0 saturated heterocycles. The van der Waals surface area contributed by atoms with Crippen LogP contribution >= 0.6 is 0 Å². The summed E-state index contributed by atoms with van der Waals surface area (Å²) in [6.07, 6.45) is 3.99. The molecule has 0 fully saturated rings. The van der Waals surface area contributed by atoms with Gasteiger partial charge in [-0.2, -0.15) is 0 Å². The Kier molecular flexibility index (Phi) is 20.3. The van der Waals surface area contributed by atoms with Gasteiger partial charge in [0.2, 0.25) is 17.7 Å². The van der Waals surface area contributed by atoms with Crippen LogP contribution in [0.2, 0.25) is 0 Å². The summed E-state index contributed by atoms with van der Waals surface area (Å²) in [4.78, 5) is 65.5. The van der Waals surface area contributed by atoms with E-state index in [4.69, 9.17) is 22.9 Å². The number of benzene rings is 2. The number of hydrogen-bond acceptors (Lipinski definition) is 11. The fraction of sp³-hybridized carbons (Fsp3) is 0.528. The maximum Gasteiger partial charge on any atom is 0.475 e. The predicted octanol–water partition coefficient (Wildman–Crippen LogP) is -1.10. The van der Waals surface area contributed by atoms with Crippen LogP contribution in [0.3, 0.4) is 0 Å². The molecule has 0 aromatic heterocycles. The van der Waals surface area contributed by atoms with Crippen molar-refractivity contribution in [2.45, 2.75) is 102 Å². The largest absolute Gasteiger partial charge is 0.475 e. The summed E-state index contributed by atoms with van der Waals surface area (Å²) in [6.45, 7) is 3.96. The highest BCUT2D eigenvalue weighted by Gasteiger charge is 2.31. The van der Waals surface area contributed by atoms with Gasteiger partial charge in [0.25, 0.3) is 11.8 Å². The van der Waals surface area contributed by atoms with Crippen LogP contribution in [0.5, 0.6) is 0 Å². The highest BCUT2D eigenvalue weighted by Crippen LogP contribution is 2.21. The van der Waals surface area contributed by atoms with Gasteiger partial charge in [0, 0.05) is 12.1 Å². The summed E-state index contributed by atoms with van der Waals surface area (Å²) in [5, 5.41) is 31.2. The zero-order chi connectivity index (χ0) is 39.3. The minimum Gasteiger partial charge on any atom is -0.426 e. The summed E-state index contributed by atoms with van der Waals surface area (Å²) in [5.74, 6) is -4.63. The van der Waals surface area contributed by atoms with Crippen molar-refractivity contribution in [2.24, 2.45) is 22.9 Å². The van der Waals surface area contributed by atoms with Crippen molar-refractivity contribution < 1.29 is 34.0 Å². The van der Waals surface area contributed by atoms with Crippen LogP contribution < -0.4 is 49.5 Å². The second kappa shape index (κ2) is 24.0. The molecule has 5 atom stereocenters. The molecule has 292 valence electrons. The number of unbranched alkanes of at least 4 members (excludes halogenated alkanes) is 3. The van der Waals surface area contributed by atoms with Crippen LogP contribution in [0.4, 0.5) is 0 Å². The van der Waals surface area contributed by atoms with E-state index in [-0.39, 0.29) is 19.4 Å². The number of carbonyl (C=O) groups excluding carboxylic acids is 5. The quantitative estimate of drug-likeness (QED) is 0.0349. The average Bonchev–Trinajstić information content (AvgIpc) is 3.15. The minimum atomic E-state index is -1.82. The lowest BCUT2D eigenvalue weighted by Gasteiger charge is -2.25. The van der Waals surface area contributed by atoms with Gasteiger partial charge in [-0.3, -0.25) is 24.0 Å². The zero-order valence-electron chi connectivity index (χ0n) is 30.8. The van der Waals surface area contributed by atoms with E-state index in [1.807, 2.05) is 24.3 Å². The van der Waals surface area contributed by atoms with Crippen LogP contribution in [-0.4, -0.2) is 96.6 Å². The molecule has 0 aliphatic carbocycles. The van der Waals surface area contributed by atoms with Crippen molar-refractivity contribution in [3.05, 3.63) is 59.7 Å². The van der Waals surface area contributed by atoms with Gasteiger partial charge < -0.3 is 59.6 Å². The van der Waals surface area contributed by atoms with Crippen molar-refractivity contribution >= 4 is 36.7 Å². The Bertz CT molecular complexity index is 1450. The number of amides is 5. The van der Waals surface area contributed by atoms with Gasteiger partial charge in [-0.05, 0) is 100 Å². The van der Waals surface area contributed by atoms with Crippen LogP contribution in [0, 0.1) is 0 Å². The molecular weight excluding hydrogens is 681 g/mol. The van der Waals surface area contributed by atoms with Crippen LogP contribution in [-0.2, 0) is 25.6 Å². The van der Waals surface area contributed by atoms with Crippen molar-refractivity contribution in [1.82, 2.24) is 26.6 Å². The van der Waals surface area contributed by atoms with E-state index in [0.717, 1.165) is 30.4 Å². The second-order valence-electron chi connectivity index (χ2n) is 13.0. The fourth-order valence-corrected chi connectivity index (χ4v) is 5.31. The summed E-state index contributed by atoms with van der Waals surface area (Å²) >= 11 is 0. The third-order valence-electron chi connectivity index (χ3n) is 8.67.